The van der Waals surface area contributed by atoms with Crippen LogP contribution in [0.5, 0.6) is 0 Å². The highest BCUT2D eigenvalue weighted by Gasteiger charge is 2.46. The normalized spacial score (nSPS) is 22.4. The number of ketones is 1. The molecule has 2 aliphatic rings. The summed E-state index contributed by atoms with van der Waals surface area (Å²) in [5, 5.41) is 0. The number of hydrogen-bond acceptors (Lipinski definition) is 4. The van der Waals surface area contributed by atoms with Crippen molar-refractivity contribution < 1.29 is 27.5 Å². The Balaban J connectivity index is 2.21. The van der Waals surface area contributed by atoms with E-state index in [1.165, 1.54) is 24.3 Å². The Kier molecular flexibility index (Phi) is 5.54. The first-order valence-corrected chi connectivity index (χ1v) is 9.00. The van der Waals surface area contributed by atoms with Gasteiger partial charge in [0.1, 0.15) is 12.5 Å². The van der Waals surface area contributed by atoms with Crippen molar-refractivity contribution in [2.24, 2.45) is 10.9 Å². The second-order valence-corrected chi connectivity index (χ2v) is 6.85. The molecular formula is C21H20F3NO3. The largest absolute Gasteiger partial charge is 0.461 e. The maximum absolute atomic E-state index is 13.7. The van der Waals surface area contributed by atoms with E-state index in [1.807, 2.05) is 0 Å². The Morgan fingerprint density at radius 3 is 2.71 bits per heavy atom. The van der Waals surface area contributed by atoms with Gasteiger partial charge in [0.05, 0.1) is 5.56 Å². The molecule has 3 rings (SSSR count). The lowest BCUT2D eigenvalue weighted by molar-refractivity contribution is -0.146. The number of esters is 1. The molecule has 7 heteroatoms. The molecule has 2 atom stereocenters. The standard InChI is InChI=1S/C21H20F3NO3/c1-3-11-28-20(27)17-12(2)25-15-9-6-10-16(26)19(15)18(17)13-7-4-5-8-14(13)21(22,23)24/h3-5,7-8,17-18H,1,6,9-11H2,2H3/t17?,18-/m0/s1. The smallest absolute Gasteiger partial charge is 0.416 e. The molecule has 1 aliphatic heterocycles. The molecule has 0 saturated heterocycles. The molecule has 28 heavy (non-hydrogen) atoms. The summed E-state index contributed by atoms with van der Waals surface area (Å²) in [6.45, 7) is 4.99. The number of ether oxygens (including phenoxy) is 1. The van der Waals surface area contributed by atoms with Gasteiger partial charge in [-0.3, -0.25) is 14.6 Å². The Labute approximate surface area is 160 Å². The molecule has 148 valence electrons. The molecule has 4 nitrogen and oxygen atoms in total. The zero-order chi connectivity index (χ0) is 20.5. The van der Waals surface area contributed by atoms with E-state index in [0.29, 0.717) is 24.3 Å². The fourth-order valence-corrected chi connectivity index (χ4v) is 3.90. The molecule has 0 spiro atoms. The summed E-state index contributed by atoms with van der Waals surface area (Å²) in [4.78, 5) is 29.8. The van der Waals surface area contributed by atoms with Crippen molar-refractivity contribution in [2.75, 3.05) is 6.61 Å². The van der Waals surface area contributed by atoms with Crippen molar-refractivity contribution in [2.45, 2.75) is 38.3 Å². The molecule has 1 aromatic carbocycles. The molecule has 0 N–H and O–H groups in total. The van der Waals surface area contributed by atoms with Gasteiger partial charge in [0.2, 0.25) is 0 Å². The molecule has 1 aromatic rings. The number of rotatable bonds is 4. The van der Waals surface area contributed by atoms with Gasteiger partial charge in [-0.15, -0.1) is 0 Å². The predicted molar refractivity (Wildman–Crippen MR) is 97.8 cm³/mol. The minimum atomic E-state index is -4.62. The van der Waals surface area contributed by atoms with Crippen molar-refractivity contribution in [3.05, 3.63) is 59.3 Å². The van der Waals surface area contributed by atoms with Gasteiger partial charge < -0.3 is 4.74 Å². The van der Waals surface area contributed by atoms with Gasteiger partial charge in [-0.25, -0.2) is 0 Å². The fraction of sp³-hybridized carbons (Fsp3) is 0.381. The van der Waals surface area contributed by atoms with Crippen LogP contribution in [-0.2, 0) is 20.5 Å². The highest BCUT2D eigenvalue weighted by Crippen LogP contribution is 2.47. The first-order chi connectivity index (χ1) is 13.3. The van der Waals surface area contributed by atoms with Gasteiger partial charge in [-0.1, -0.05) is 30.9 Å². The van der Waals surface area contributed by atoms with Crippen molar-refractivity contribution >= 4 is 17.5 Å². The number of Topliss-reactive ketones (excluding diaryl/α,β-unsaturated/α-hetero) is 1. The van der Waals surface area contributed by atoms with Crippen LogP contribution in [0.4, 0.5) is 13.2 Å². The third-order valence-electron chi connectivity index (χ3n) is 5.03. The zero-order valence-electron chi connectivity index (χ0n) is 15.4. The lowest BCUT2D eigenvalue weighted by Crippen LogP contribution is -2.38. The molecular weight excluding hydrogens is 371 g/mol. The SMILES string of the molecule is C=CCOC(=O)C1C(C)=NC2=C(C(=O)CCC2)[C@H]1c1ccccc1C(F)(F)F. The van der Waals surface area contributed by atoms with Crippen molar-refractivity contribution in [1.29, 1.82) is 0 Å². The maximum atomic E-state index is 13.7. The topological polar surface area (TPSA) is 55.7 Å². The van der Waals surface area contributed by atoms with E-state index in [4.69, 9.17) is 4.74 Å². The number of carbonyl (C=O) groups excluding carboxylic acids is 2. The quantitative estimate of drug-likeness (QED) is 0.556. The van der Waals surface area contributed by atoms with Crippen LogP contribution in [-0.4, -0.2) is 24.1 Å². The number of benzene rings is 1. The van der Waals surface area contributed by atoms with Crippen LogP contribution >= 0.6 is 0 Å². The van der Waals surface area contributed by atoms with E-state index in [2.05, 4.69) is 11.6 Å². The zero-order valence-corrected chi connectivity index (χ0v) is 15.4. The molecule has 0 fully saturated rings. The molecule has 0 bridgehead atoms. The summed E-state index contributed by atoms with van der Waals surface area (Å²) >= 11 is 0. The minimum Gasteiger partial charge on any atom is -0.461 e. The van der Waals surface area contributed by atoms with E-state index < -0.39 is 29.5 Å². The van der Waals surface area contributed by atoms with Gasteiger partial charge in [-0.05, 0) is 31.4 Å². The second-order valence-electron chi connectivity index (χ2n) is 6.85. The lowest BCUT2D eigenvalue weighted by atomic mass is 9.70. The summed E-state index contributed by atoms with van der Waals surface area (Å²) in [5.41, 5.74) is 0.0658. The number of allylic oxidation sites excluding steroid dienone is 2. The number of halogens is 3. The monoisotopic (exact) mass is 391 g/mol. The van der Waals surface area contributed by atoms with Gasteiger partial charge in [0, 0.05) is 29.3 Å². The lowest BCUT2D eigenvalue weighted by Gasteiger charge is -2.35. The number of alkyl halides is 3. The minimum absolute atomic E-state index is 0.0733. The Morgan fingerprint density at radius 2 is 2.04 bits per heavy atom. The summed E-state index contributed by atoms with van der Waals surface area (Å²) in [7, 11) is 0. The van der Waals surface area contributed by atoms with Crippen molar-refractivity contribution in [3.8, 4) is 0 Å². The molecule has 0 amide bonds. The Bertz CT molecular complexity index is 883. The van der Waals surface area contributed by atoms with Crippen LogP contribution in [0.15, 0.2) is 53.2 Å². The summed E-state index contributed by atoms with van der Waals surface area (Å²) in [5.74, 6) is -3.14. The first-order valence-electron chi connectivity index (χ1n) is 9.00. The summed E-state index contributed by atoms with van der Waals surface area (Å²) in [6, 6.07) is 5.06. The molecule has 1 unspecified atom stereocenters. The predicted octanol–water partition coefficient (Wildman–Crippen LogP) is 4.62. The van der Waals surface area contributed by atoms with Crippen LogP contribution in [0.2, 0.25) is 0 Å². The third kappa shape index (κ3) is 3.66. The van der Waals surface area contributed by atoms with Crippen LogP contribution in [0.25, 0.3) is 0 Å². The first kappa shape index (κ1) is 20.0. The van der Waals surface area contributed by atoms with Crippen molar-refractivity contribution in [3.63, 3.8) is 0 Å². The van der Waals surface area contributed by atoms with Crippen LogP contribution in [0.1, 0.15) is 43.2 Å². The van der Waals surface area contributed by atoms with E-state index in [1.54, 1.807) is 6.92 Å². The molecule has 1 aliphatic carbocycles. The molecule has 0 radical (unpaired) electrons. The summed E-state index contributed by atoms with van der Waals surface area (Å²) < 4.78 is 46.2. The number of carbonyl (C=O) groups is 2. The number of nitrogens with zero attached hydrogens (tertiary/aromatic N) is 1. The highest BCUT2D eigenvalue weighted by molar-refractivity contribution is 6.08. The van der Waals surface area contributed by atoms with E-state index in [9.17, 15) is 22.8 Å². The molecule has 0 aromatic heterocycles. The Morgan fingerprint density at radius 1 is 1.32 bits per heavy atom. The third-order valence-corrected chi connectivity index (χ3v) is 5.03. The van der Waals surface area contributed by atoms with E-state index in [0.717, 1.165) is 6.07 Å². The second kappa shape index (κ2) is 7.73. The number of aliphatic imine (C=N–C) groups is 1. The van der Waals surface area contributed by atoms with Crippen LogP contribution in [0.3, 0.4) is 0 Å². The van der Waals surface area contributed by atoms with Crippen LogP contribution in [0, 0.1) is 5.92 Å². The van der Waals surface area contributed by atoms with E-state index >= 15 is 0 Å². The molecule has 0 saturated carbocycles. The van der Waals surface area contributed by atoms with Gasteiger partial charge in [0.25, 0.3) is 0 Å². The van der Waals surface area contributed by atoms with Gasteiger partial charge in [-0.2, -0.15) is 13.2 Å². The number of hydrogen-bond donors (Lipinski definition) is 0. The average molecular weight is 391 g/mol. The van der Waals surface area contributed by atoms with Gasteiger partial charge >= 0.3 is 12.1 Å². The Hall–Kier alpha value is -2.70. The van der Waals surface area contributed by atoms with E-state index in [-0.39, 0.29) is 29.9 Å². The highest BCUT2D eigenvalue weighted by atomic mass is 19.4. The van der Waals surface area contributed by atoms with Crippen LogP contribution < -0.4 is 0 Å². The van der Waals surface area contributed by atoms with Crippen molar-refractivity contribution in [1.82, 2.24) is 0 Å². The summed E-state index contributed by atoms with van der Waals surface area (Å²) in [6.07, 6.45) is -1.92. The molecule has 1 heterocycles. The maximum Gasteiger partial charge on any atom is 0.416 e. The van der Waals surface area contributed by atoms with Gasteiger partial charge in [0.15, 0.2) is 5.78 Å². The fourth-order valence-electron chi connectivity index (χ4n) is 3.90. The average Bonchev–Trinajstić information content (AvgIpc) is 2.64.